The van der Waals surface area contributed by atoms with Gasteiger partial charge in [0.2, 0.25) is 5.91 Å². The molecule has 168 valence electrons. The Morgan fingerprint density at radius 1 is 0.800 bits per heavy atom. The van der Waals surface area contributed by atoms with Gasteiger partial charge in [-0.05, 0) is 37.8 Å². The second-order valence-electron chi connectivity index (χ2n) is 9.41. The fourth-order valence-corrected chi connectivity index (χ4v) is 5.80. The topological polar surface area (TPSA) is 35.6 Å². The van der Waals surface area contributed by atoms with Crippen molar-refractivity contribution in [1.29, 1.82) is 0 Å². The Morgan fingerprint density at radius 3 is 1.90 bits per heavy atom. The molecule has 0 bridgehead atoms. The Labute approximate surface area is 189 Å². The second kappa shape index (κ2) is 11.4. The number of likely N-dealkylation sites (tertiary alicyclic amines) is 1. The molecule has 0 unspecified atom stereocenters. The first-order valence-electron chi connectivity index (χ1n) is 12.1. The lowest BCUT2D eigenvalue weighted by Gasteiger charge is -2.45. The van der Waals surface area contributed by atoms with Crippen LogP contribution < -0.4 is 10.2 Å². The first-order valence-corrected chi connectivity index (χ1v) is 12.1. The van der Waals surface area contributed by atoms with E-state index < -0.39 is 0 Å². The Morgan fingerprint density at radius 2 is 1.33 bits per heavy atom. The van der Waals surface area contributed by atoms with Gasteiger partial charge in [0.1, 0.15) is 5.54 Å². The van der Waals surface area contributed by atoms with Crippen LogP contribution in [0.2, 0.25) is 0 Å². The minimum atomic E-state index is -0.344. The van der Waals surface area contributed by atoms with Crippen molar-refractivity contribution >= 4 is 24.0 Å². The van der Waals surface area contributed by atoms with E-state index in [9.17, 15) is 4.79 Å². The van der Waals surface area contributed by atoms with Gasteiger partial charge in [-0.3, -0.25) is 4.79 Å². The molecule has 1 aliphatic carbocycles. The van der Waals surface area contributed by atoms with Crippen molar-refractivity contribution in [2.24, 2.45) is 0 Å². The highest BCUT2D eigenvalue weighted by Gasteiger charge is 2.50. The lowest BCUT2D eigenvalue weighted by Crippen LogP contribution is -2.57. The van der Waals surface area contributed by atoms with Crippen LogP contribution in [0.1, 0.15) is 83.5 Å². The van der Waals surface area contributed by atoms with E-state index in [1.54, 1.807) is 0 Å². The first-order chi connectivity index (χ1) is 14.3. The van der Waals surface area contributed by atoms with E-state index in [1.165, 1.54) is 76.3 Å². The Hall–Kier alpha value is -1.26. The lowest BCUT2D eigenvalue weighted by molar-refractivity contribution is -0.125. The van der Waals surface area contributed by atoms with Crippen molar-refractivity contribution in [3.63, 3.8) is 0 Å². The Kier molecular flexibility index (Phi) is 8.88. The molecule has 0 atom stereocenters. The number of benzene rings is 1. The molecule has 1 aromatic rings. The number of para-hydroxylation sites is 1. The van der Waals surface area contributed by atoms with Crippen molar-refractivity contribution < 1.29 is 4.79 Å². The molecular weight excluding hydrogens is 394 g/mol. The van der Waals surface area contributed by atoms with E-state index in [4.69, 9.17) is 0 Å². The summed E-state index contributed by atoms with van der Waals surface area (Å²) in [6.07, 6.45) is 17.3. The van der Waals surface area contributed by atoms with Crippen molar-refractivity contribution in [3.8, 4) is 0 Å². The predicted molar refractivity (Wildman–Crippen MR) is 127 cm³/mol. The Bertz CT molecular complexity index is 633. The minimum Gasteiger partial charge on any atom is -0.339 e. The zero-order valence-electron chi connectivity index (χ0n) is 18.5. The van der Waals surface area contributed by atoms with Crippen LogP contribution in [0.15, 0.2) is 30.3 Å². The summed E-state index contributed by atoms with van der Waals surface area (Å²) >= 11 is 0. The molecule has 2 aliphatic heterocycles. The molecular formula is C25H40ClN3O. The molecule has 4 rings (SSSR count). The number of anilines is 1. The number of nitrogens with zero attached hydrogens (tertiary/aromatic N) is 2. The van der Waals surface area contributed by atoms with Crippen LogP contribution in [0, 0.1) is 0 Å². The normalized spacial score (nSPS) is 24.5. The molecule has 1 spiro atoms. The highest BCUT2D eigenvalue weighted by molar-refractivity contribution is 5.93. The van der Waals surface area contributed by atoms with Gasteiger partial charge in [-0.1, -0.05) is 76.0 Å². The number of hydrogen-bond acceptors (Lipinski definition) is 3. The van der Waals surface area contributed by atoms with Crippen molar-refractivity contribution in [3.05, 3.63) is 30.3 Å². The van der Waals surface area contributed by atoms with E-state index in [0.29, 0.717) is 6.67 Å². The fourth-order valence-electron chi connectivity index (χ4n) is 5.80. The minimum absolute atomic E-state index is 0. The number of hydrogen-bond donors (Lipinski definition) is 1. The van der Waals surface area contributed by atoms with Gasteiger partial charge in [-0.25, -0.2) is 0 Å². The standard InChI is InChI=1S/C25H39N3O.ClH/c29-24-25(28(21-26-24)23-15-11-8-12-16-23)17-19-27(20-18-25)22-13-9-6-4-2-1-3-5-7-10-14-22;/h8,11-12,15-16,22H,1-7,9-10,13-14,17-21H2,(H,26,29);1H. The first kappa shape index (κ1) is 23.4. The smallest absolute Gasteiger partial charge is 0.247 e. The van der Waals surface area contributed by atoms with Gasteiger partial charge in [0.25, 0.3) is 0 Å². The molecule has 0 aromatic heterocycles. The summed E-state index contributed by atoms with van der Waals surface area (Å²) in [6, 6.07) is 11.2. The fraction of sp³-hybridized carbons (Fsp3) is 0.720. The summed E-state index contributed by atoms with van der Waals surface area (Å²) in [7, 11) is 0. The van der Waals surface area contributed by atoms with E-state index in [1.807, 2.05) is 6.07 Å². The highest BCUT2D eigenvalue weighted by Crippen LogP contribution is 2.37. The molecule has 3 aliphatic rings. The third-order valence-electron chi connectivity index (χ3n) is 7.62. The lowest BCUT2D eigenvalue weighted by atomic mass is 9.84. The van der Waals surface area contributed by atoms with Crippen LogP contribution >= 0.6 is 12.4 Å². The SMILES string of the molecule is Cl.O=C1NCN(c2ccccc2)C12CCN(C1CCCCCCCCCCC1)CC2. The summed E-state index contributed by atoms with van der Waals surface area (Å²) in [5, 5.41) is 3.14. The summed E-state index contributed by atoms with van der Waals surface area (Å²) in [5.74, 6) is 0.236. The van der Waals surface area contributed by atoms with E-state index >= 15 is 0 Å². The molecule has 30 heavy (non-hydrogen) atoms. The molecule has 1 saturated carbocycles. The van der Waals surface area contributed by atoms with E-state index in [2.05, 4.69) is 39.4 Å². The van der Waals surface area contributed by atoms with Gasteiger partial charge in [0.05, 0.1) is 6.67 Å². The number of carbonyl (C=O) groups excluding carboxylic acids is 1. The summed E-state index contributed by atoms with van der Waals surface area (Å²) in [6.45, 7) is 2.76. The molecule has 2 heterocycles. The average molecular weight is 434 g/mol. The van der Waals surface area contributed by atoms with E-state index in [-0.39, 0.29) is 23.9 Å². The third-order valence-corrected chi connectivity index (χ3v) is 7.62. The summed E-state index contributed by atoms with van der Waals surface area (Å²) in [4.78, 5) is 18.0. The molecule has 5 heteroatoms. The monoisotopic (exact) mass is 433 g/mol. The third kappa shape index (κ3) is 5.31. The molecule has 4 nitrogen and oxygen atoms in total. The largest absolute Gasteiger partial charge is 0.339 e. The average Bonchev–Trinajstić information content (AvgIpc) is 3.06. The van der Waals surface area contributed by atoms with Gasteiger partial charge < -0.3 is 15.1 Å². The number of nitrogens with one attached hydrogen (secondary N) is 1. The van der Waals surface area contributed by atoms with Crippen molar-refractivity contribution in [2.75, 3.05) is 24.7 Å². The molecule has 1 amide bonds. The number of halogens is 1. The van der Waals surface area contributed by atoms with Crippen LogP contribution in [0.25, 0.3) is 0 Å². The van der Waals surface area contributed by atoms with E-state index in [0.717, 1.165) is 32.0 Å². The number of rotatable bonds is 2. The number of piperidine rings is 1. The van der Waals surface area contributed by atoms with Gasteiger partial charge in [0, 0.05) is 24.8 Å². The maximum absolute atomic E-state index is 12.9. The Balaban J connectivity index is 0.00000256. The molecule has 2 saturated heterocycles. The van der Waals surface area contributed by atoms with Gasteiger partial charge in [0.15, 0.2) is 0 Å². The van der Waals surface area contributed by atoms with Crippen LogP contribution in [-0.2, 0) is 4.79 Å². The van der Waals surface area contributed by atoms with Gasteiger partial charge in [-0.2, -0.15) is 0 Å². The zero-order chi connectivity index (χ0) is 19.9. The van der Waals surface area contributed by atoms with Crippen LogP contribution in [0.4, 0.5) is 5.69 Å². The number of amides is 1. The van der Waals surface area contributed by atoms with Gasteiger partial charge in [-0.15, -0.1) is 12.4 Å². The molecule has 3 fully saturated rings. The van der Waals surface area contributed by atoms with Crippen LogP contribution in [0.5, 0.6) is 0 Å². The zero-order valence-corrected chi connectivity index (χ0v) is 19.3. The highest BCUT2D eigenvalue weighted by atomic mass is 35.5. The van der Waals surface area contributed by atoms with Crippen molar-refractivity contribution in [2.45, 2.75) is 95.1 Å². The predicted octanol–water partition coefficient (Wildman–Crippen LogP) is 5.51. The van der Waals surface area contributed by atoms with Crippen LogP contribution in [-0.4, -0.2) is 42.1 Å². The number of carbonyl (C=O) groups is 1. The second-order valence-corrected chi connectivity index (χ2v) is 9.41. The maximum Gasteiger partial charge on any atom is 0.247 e. The van der Waals surface area contributed by atoms with Crippen molar-refractivity contribution in [1.82, 2.24) is 10.2 Å². The summed E-state index contributed by atoms with van der Waals surface area (Å²) in [5.41, 5.74) is 0.828. The molecule has 1 N–H and O–H groups in total. The maximum atomic E-state index is 12.9. The molecule has 1 aromatic carbocycles. The summed E-state index contributed by atoms with van der Waals surface area (Å²) < 4.78 is 0. The quantitative estimate of drug-likeness (QED) is 0.667. The van der Waals surface area contributed by atoms with Gasteiger partial charge >= 0.3 is 0 Å². The molecule has 0 radical (unpaired) electrons. The van der Waals surface area contributed by atoms with Crippen LogP contribution in [0.3, 0.4) is 0 Å².